The lowest BCUT2D eigenvalue weighted by Gasteiger charge is -2.13. The molecule has 0 aliphatic carbocycles. The molecule has 1 N–H and O–H groups in total. The number of amides is 1. The number of nitrogens with one attached hydrogen (secondary N) is 1. The molecule has 2 atom stereocenters. The van der Waals surface area contributed by atoms with Crippen LogP contribution in [-0.2, 0) is 4.74 Å². The summed E-state index contributed by atoms with van der Waals surface area (Å²) in [5.41, 5.74) is 0. The van der Waals surface area contributed by atoms with Crippen LogP contribution in [0.15, 0.2) is 0 Å². The van der Waals surface area contributed by atoms with Crippen LogP contribution in [0.3, 0.4) is 0 Å². The summed E-state index contributed by atoms with van der Waals surface area (Å²) in [6.07, 6.45) is 4.49. The number of methoxy groups -OCH3 is 1. The Balaban J connectivity index is 3.79. The molecule has 62 valence electrons. The van der Waals surface area contributed by atoms with Crippen molar-refractivity contribution in [2.45, 2.75) is 18.3 Å². The summed E-state index contributed by atoms with van der Waals surface area (Å²) in [7, 11) is 1.28. The van der Waals surface area contributed by atoms with Gasteiger partial charge in [-0.05, 0) is 6.92 Å². The van der Waals surface area contributed by atoms with Crippen molar-refractivity contribution in [1.82, 2.24) is 5.32 Å². The Morgan fingerprint density at radius 3 is 2.73 bits per heavy atom. The summed E-state index contributed by atoms with van der Waals surface area (Å²) in [6, 6.07) is -0.283. The molecule has 0 radical (unpaired) electrons. The summed E-state index contributed by atoms with van der Waals surface area (Å²) in [5, 5.41) is 1.94. The van der Waals surface area contributed by atoms with E-state index < -0.39 is 11.5 Å². The first-order chi connectivity index (χ1) is 5.11. The van der Waals surface area contributed by atoms with Gasteiger partial charge in [0.15, 0.2) is 0 Å². The molecular weight excluding hydrogens is 166 g/mol. The lowest BCUT2D eigenvalue weighted by Crippen LogP contribution is -2.38. The van der Waals surface area contributed by atoms with Gasteiger partial charge >= 0.3 is 6.09 Å². The van der Waals surface area contributed by atoms with Gasteiger partial charge in [0.2, 0.25) is 0 Å². The van der Waals surface area contributed by atoms with Crippen LogP contribution in [0.5, 0.6) is 0 Å². The number of terminal acetylenes is 1. The molecule has 0 saturated carbocycles. The Hall–Kier alpha value is -0.880. The highest BCUT2D eigenvalue weighted by molar-refractivity contribution is 6.23. The van der Waals surface area contributed by atoms with Gasteiger partial charge in [-0.25, -0.2) is 4.79 Å². The first-order valence-electron chi connectivity index (χ1n) is 3.06. The monoisotopic (exact) mass is 175 g/mol. The third-order valence-corrected chi connectivity index (χ3v) is 1.63. The Bertz CT molecular complexity index is 176. The van der Waals surface area contributed by atoms with E-state index in [0.29, 0.717) is 0 Å². The number of hydrogen-bond acceptors (Lipinski definition) is 2. The van der Waals surface area contributed by atoms with Crippen molar-refractivity contribution < 1.29 is 9.53 Å². The van der Waals surface area contributed by atoms with Crippen molar-refractivity contribution in [2.24, 2.45) is 0 Å². The fourth-order valence-electron chi connectivity index (χ4n) is 0.462. The van der Waals surface area contributed by atoms with Crippen molar-refractivity contribution >= 4 is 17.7 Å². The standard InChI is InChI=1S/C7H10ClNO2/c1-4-6(8)5(2)9-7(10)11-3/h1,5-6H,2-3H3,(H,9,10)/t5-,6+/m0/s1. The number of alkyl carbamates (subject to hydrolysis) is 1. The van der Waals surface area contributed by atoms with Gasteiger partial charge in [-0.2, -0.15) is 0 Å². The van der Waals surface area contributed by atoms with E-state index in [0.717, 1.165) is 0 Å². The molecule has 0 bridgehead atoms. The highest BCUT2D eigenvalue weighted by Crippen LogP contribution is 2.00. The number of rotatable bonds is 2. The van der Waals surface area contributed by atoms with Crippen LogP contribution in [0.25, 0.3) is 0 Å². The Morgan fingerprint density at radius 2 is 2.36 bits per heavy atom. The van der Waals surface area contributed by atoms with Crippen molar-refractivity contribution in [3.05, 3.63) is 0 Å². The zero-order valence-electron chi connectivity index (χ0n) is 6.43. The maximum Gasteiger partial charge on any atom is 0.407 e. The van der Waals surface area contributed by atoms with E-state index in [1.54, 1.807) is 6.92 Å². The van der Waals surface area contributed by atoms with Crippen molar-refractivity contribution in [2.75, 3.05) is 7.11 Å². The molecule has 0 aromatic carbocycles. The van der Waals surface area contributed by atoms with E-state index in [1.165, 1.54) is 7.11 Å². The molecule has 3 nitrogen and oxygen atoms in total. The second-order valence-electron chi connectivity index (χ2n) is 1.99. The molecule has 0 aromatic heterocycles. The molecule has 0 aromatic rings. The van der Waals surface area contributed by atoms with Crippen LogP contribution in [0.2, 0.25) is 0 Å². The van der Waals surface area contributed by atoms with Crippen LogP contribution in [0.4, 0.5) is 4.79 Å². The van der Waals surface area contributed by atoms with E-state index in [1.807, 2.05) is 0 Å². The normalized spacial score (nSPS) is 14.4. The van der Waals surface area contributed by atoms with Gasteiger partial charge in [0.05, 0.1) is 13.2 Å². The lowest BCUT2D eigenvalue weighted by atomic mass is 10.2. The number of alkyl halides is 1. The largest absolute Gasteiger partial charge is 0.453 e. The summed E-state index contributed by atoms with van der Waals surface area (Å²) >= 11 is 5.61. The van der Waals surface area contributed by atoms with E-state index in [4.69, 9.17) is 18.0 Å². The number of carbonyl (C=O) groups excluding carboxylic acids is 1. The third-order valence-electron chi connectivity index (χ3n) is 1.13. The number of carbonyl (C=O) groups is 1. The minimum Gasteiger partial charge on any atom is -0.453 e. The second-order valence-corrected chi connectivity index (χ2v) is 2.46. The van der Waals surface area contributed by atoms with Gasteiger partial charge in [0.25, 0.3) is 0 Å². The van der Waals surface area contributed by atoms with Crippen molar-refractivity contribution in [3.8, 4) is 12.3 Å². The molecular formula is C7H10ClNO2. The highest BCUT2D eigenvalue weighted by atomic mass is 35.5. The molecule has 0 aliphatic rings. The smallest absolute Gasteiger partial charge is 0.407 e. The van der Waals surface area contributed by atoms with Gasteiger partial charge in [0, 0.05) is 0 Å². The van der Waals surface area contributed by atoms with Crippen LogP contribution in [0, 0.1) is 12.3 Å². The molecule has 0 spiro atoms. The molecule has 4 heteroatoms. The Morgan fingerprint density at radius 1 is 1.82 bits per heavy atom. The zero-order chi connectivity index (χ0) is 8.85. The summed E-state index contributed by atoms with van der Waals surface area (Å²) < 4.78 is 4.34. The molecule has 1 amide bonds. The van der Waals surface area contributed by atoms with Crippen LogP contribution >= 0.6 is 11.6 Å². The highest BCUT2D eigenvalue weighted by Gasteiger charge is 2.13. The van der Waals surface area contributed by atoms with Gasteiger partial charge in [-0.15, -0.1) is 18.0 Å². The number of hydrogen-bond donors (Lipinski definition) is 1. The zero-order valence-corrected chi connectivity index (χ0v) is 7.18. The fraction of sp³-hybridized carbons (Fsp3) is 0.571. The second kappa shape index (κ2) is 4.86. The predicted octanol–water partition coefficient (Wildman–Crippen LogP) is 0.972. The number of halogens is 1. The van der Waals surface area contributed by atoms with Crippen molar-refractivity contribution in [1.29, 1.82) is 0 Å². The van der Waals surface area contributed by atoms with E-state index >= 15 is 0 Å². The molecule has 0 aliphatic heterocycles. The van der Waals surface area contributed by atoms with Crippen LogP contribution in [-0.4, -0.2) is 24.6 Å². The first kappa shape index (κ1) is 10.1. The Kier molecular flexibility index (Phi) is 4.47. The van der Waals surface area contributed by atoms with E-state index in [2.05, 4.69) is 16.0 Å². The summed E-state index contributed by atoms with van der Waals surface area (Å²) in [4.78, 5) is 10.6. The summed E-state index contributed by atoms with van der Waals surface area (Å²) in [6.45, 7) is 1.70. The van der Waals surface area contributed by atoms with Crippen molar-refractivity contribution in [3.63, 3.8) is 0 Å². The van der Waals surface area contributed by atoms with Gasteiger partial charge in [-0.1, -0.05) is 5.92 Å². The Labute approximate surface area is 71.1 Å². The van der Waals surface area contributed by atoms with Gasteiger partial charge in [0.1, 0.15) is 5.38 Å². The van der Waals surface area contributed by atoms with Gasteiger partial charge in [-0.3, -0.25) is 0 Å². The first-order valence-corrected chi connectivity index (χ1v) is 3.50. The lowest BCUT2D eigenvalue weighted by molar-refractivity contribution is 0.168. The quantitative estimate of drug-likeness (QED) is 0.502. The molecule has 0 heterocycles. The maximum atomic E-state index is 10.6. The number of ether oxygens (including phenoxy) is 1. The molecule has 0 rings (SSSR count). The maximum absolute atomic E-state index is 10.6. The van der Waals surface area contributed by atoms with Gasteiger partial charge < -0.3 is 10.1 Å². The SMILES string of the molecule is C#C[C@@H](Cl)[C@H](C)NC(=O)OC. The molecule has 11 heavy (non-hydrogen) atoms. The predicted molar refractivity (Wildman–Crippen MR) is 43.5 cm³/mol. The minimum atomic E-state index is -0.529. The minimum absolute atomic E-state index is 0.283. The van der Waals surface area contributed by atoms with Crippen LogP contribution in [0.1, 0.15) is 6.92 Å². The topological polar surface area (TPSA) is 38.3 Å². The average molecular weight is 176 g/mol. The molecule has 0 fully saturated rings. The third kappa shape index (κ3) is 3.74. The molecule has 0 saturated heterocycles. The van der Waals surface area contributed by atoms with Crippen LogP contribution < -0.4 is 5.32 Å². The fourth-order valence-corrected chi connectivity index (χ4v) is 0.525. The van der Waals surface area contributed by atoms with E-state index in [-0.39, 0.29) is 6.04 Å². The van der Waals surface area contributed by atoms with E-state index in [9.17, 15) is 4.79 Å². The average Bonchev–Trinajstić information content (AvgIpc) is 2.02. The summed E-state index contributed by atoms with van der Waals surface area (Å²) in [5.74, 6) is 2.29. The molecule has 0 unspecified atom stereocenters.